The smallest absolute Gasteiger partial charge is 0.244 e. The molecule has 1 unspecified atom stereocenters. The number of fused-ring (bicyclic) bond motifs is 1. The molecule has 2 aromatic rings. The van der Waals surface area contributed by atoms with Gasteiger partial charge in [-0.2, -0.15) is 5.10 Å². The lowest BCUT2D eigenvalue weighted by atomic mass is 10.2. The van der Waals surface area contributed by atoms with Crippen molar-refractivity contribution in [3.05, 3.63) is 23.2 Å². The van der Waals surface area contributed by atoms with E-state index in [0.29, 0.717) is 16.4 Å². The average Bonchev–Trinajstić information content (AvgIpc) is 2.74. The van der Waals surface area contributed by atoms with E-state index in [9.17, 15) is 4.79 Å². The number of hydrogen-bond donors (Lipinski definition) is 3. The van der Waals surface area contributed by atoms with Crippen molar-refractivity contribution < 1.29 is 9.53 Å². The van der Waals surface area contributed by atoms with E-state index in [1.807, 2.05) is 6.07 Å². The molecular weight excluding hydrogens is 256 g/mol. The van der Waals surface area contributed by atoms with E-state index < -0.39 is 6.04 Å². The van der Waals surface area contributed by atoms with Crippen LogP contribution < -0.4 is 11.1 Å². The molecule has 1 aromatic carbocycles. The number of nitrogens with one attached hydrogen (secondary N) is 2. The summed E-state index contributed by atoms with van der Waals surface area (Å²) in [5, 5.41) is 10.7. The molecular formula is C11H13ClN4O2. The molecule has 0 aliphatic rings. The van der Waals surface area contributed by atoms with Gasteiger partial charge >= 0.3 is 0 Å². The zero-order valence-electron chi connectivity index (χ0n) is 9.74. The number of para-hydroxylation sites is 1. The fourth-order valence-electron chi connectivity index (χ4n) is 1.57. The van der Waals surface area contributed by atoms with Crippen LogP contribution in [0.5, 0.6) is 0 Å². The first-order chi connectivity index (χ1) is 8.63. The van der Waals surface area contributed by atoms with Gasteiger partial charge in [-0.05, 0) is 12.1 Å². The van der Waals surface area contributed by atoms with Crippen molar-refractivity contribution in [2.24, 2.45) is 5.73 Å². The zero-order valence-corrected chi connectivity index (χ0v) is 10.5. The Balaban J connectivity index is 2.22. The fraction of sp³-hybridized carbons (Fsp3) is 0.273. The number of aromatic amines is 1. The van der Waals surface area contributed by atoms with Crippen molar-refractivity contribution in [1.29, 1.82) is 0 Å². The average molecular weight is 269 g/mol. The number of anilines is 1. The van der Waals surface area contributed by atoms with Gasteiger partial charge in [0.2, 0.25) is 5.91 Å². The fourth-order valence-corrected chi connectivity index (χ4v) is 1.78. The van der Waals surface area contributed by atoms with E-state index in [2.05, 4.69) is 15.5 Å². The number of carbonyl (C=O) groups excluding carboxylic acids is 1. The van der Waals surface area contributed by atoms with Gasteiger partial charge in [0.25, 0.3) is 0 Å². The van der Waals surface area contributed by atoms with Crippen molar-refractivity contribution in [3.8, 4) is 0 Å². The second-order valence-corrected chi connectivity index (χ2v) is 4.19. The lowest BCUT2D eigenvalue weighted by molar-refractivity contribution is -0.118. The Kier molecular flexibility index (Phi) is 3.81. The van der Waals surface area contributed by atoms with Crippen LogP contribution in [0.1, 0.15) is 0 Å². The minimum Gasteiger partial charge on any atom is -0.383 e. The molecule has 0 radical (unpaired) electrons. The van der Waals surface area contributed by atoms with Gasteiger partial charge in [0.05, 0.1) is 17.1 Å². The second kappa shape index (κ2) is 5.34. The van der Waals surface area contributed by atoms with Crippen LogP contribution in [0, 0.1) is 0 Å². The molecule has 1 atom stereocenters. The third kappa shape index (κ3) is 2.45. The highest BCUT2D eigenvalue weighted by Crippen LogP contribution is 2.26. The first-order valence-electron chi connectivity index (χ1n) is 5.31. The van der Waals surface area contributed by atoms with E-state index in [4.69, 9.17) is 22.1 Å². The standard InChI is InChI=1S/C11H13ClN4O2/c1-18-5-8(13)11(17)14-10-6-3-2-4-7(12)9(6)15-16-10/h2-4,8H,5,13H2,1H3,(H2,14,15,16,17). The van der Waals surface area contributed by atoms with Crippen LogP contribution in [-0.4, -0.2) is 35.9 Å². The Labute approximate surface area is 108 Å². The zero-order chi connectivity index (χ0) is 13.1. The summed E-state index contributed by atoms with van der Waals surface area (Å²) >= 11 is 5.99. The van der Waals surface area contributed by atoms with Gasteiger partial charge in [-0.1, -0.05) is 17.7 Å². The maximum absolute atomic E-state index is 11.7. The van der Waals surface area contributed by atoms with Crippen molar-refractivity contribution >= 4 is 34.2 Å². The van der Waals surface area contributed by atoms with E-state index >= 15 is 0 Å². The van der Waals surface area contributed by atoms with E-state index in [1.165, 1.54) is 7.11 Å². The molecule has 6 nitrogen and oxygen atoms in total. The molecule has 0 saturated heterocycles. The van der Waals surface area contributed by atoms with Crippen LogP contribution in [0.15, 0.2) is 18.2 Å². The number of amides is 1. The molecule has 0 aliphatic heterocycles. The molecule has 7 heteroatoms. The van der Waals surface area contributed by atoms with Gasteiger partial charge in [-0.3, -0.25) is 9.89 Å². The summed E-state index contributed by atoms with van der Waals surface area (Å²) in [6, 6.07) is 4.60. The molecule has 0 fully saturated rings. The van der Waals surface area contributed by atoms with Crippen LogP contribution in [0.4, 0.5) is 5.82 Å². The summed E-state index contributed by atoms with van der Waals surface area (Å²) in [6.07, 6.45) is 0. The van der Waals surface area contributed by atoms with Gasteiger partial charge in [0.15, 0.2) is 5.82 Å². The largest absolute Gasteiger partial charge is 0.383 e. The quantitative estimate of drug-likeness (QED) is 0.775. The monoisotopic (exact) mass is 268 g/mol. The predicted molar refractivity (Wildman–Crippen MR) is 69.6 cm³/mol. The Morgan fingerprint density at radius 3 is 3.17 bits per heavy atom. The Bertz CT molecular complexity index is 569. The first-order valence-corrected chi connectivity index (χ1v) is 5.69. The molecule has 0 saturated carbocycles. The molecule has 1 heterocycles. The van der Waals surface area contributed by atoms with Gasteiger partial charge in [0, 0.05) is 12.5 Å². The normalized spacial score (nSPS) is 12.6. The summed E-state index contributed by atoms with van der Waals surface area (Å²) in [4.78, 5) is 11.7. The number of benzene rings is 1. The lowest BCUT2D eigenvalue weighted by Gasteiger charge is -2.09. The number of ether oxygens (including phenoxy) is 1. The summed E-state index contributed by atoms with van der Waals surface area (Å²) < 4.78 is 4.82. The minimum atomic E-state index is -0.735. The number of nitrogens with two attached hydrogens (primary N) is 1. The number of hydrogen-bond acceptors (Lipinski definition) is 4. The van der Waals surface area contributed by atoms with Gasteiger partial charge in [-0.15, -0.1) is 0 Å². The highest BCUT2D eigenvalue weighted by atomic mass is 35.5. The number of carbonyl (C=O) groups is 1. The lowest BCUT2D eigenvalue weighted by Crippen LogP contribution is -2.39. The number of aromatic nitrogens is 2. The number of methoxy groups -OCH3 is 1. The van der Waals surface area contributed by atoms with Crippen LogP contribution >= 0.6 is 11.6 Å². The Morgan fingerprint density at radius 2 is 2.44 bits per heavy atom. The number of halogens is 1. The van der Waals surface area contributed by atoms with Crippen LogP contribution in [0.25, 0.3) is 10.9 Å². The SMILES string of the molecule is COCC(N)C(=O)Nc1n[nH]c2c(Cl)cccc12. The van der Waals surface area contributed by atoms with E-state index in [-0.39, 0.29) is 12.5 Å². The van der Waals surface area contributed by atoms with Gasteiger partial charge in [0.1, 0.15) is 6.04 Å². The topological polar surface area (TPSA) is 93.0 Å². The maximum atomic E-state index is 11.7. The molecule has 18 heavy (non-hydrogen) atoms. The molecule has 4 N–H and O–H groups in total. The molecule has 1 aromatic heterocycles. The third-order valence-electron chi connectivity index (χ3n) is 2.47. The molecule has 2 rings (SSSR count). The molecule has 0 aliphatic carbocycles. The van der Waals surface area contributed by atoms with Crippen molar-refractivity contribution in [3.63, 3.8) is 0 Å². The Morgan fingerprint density at radius 1 is 1.67 bits per heavy atom. The summed E-state index contributed by atoms with van der Waals surface area (Å²) in [6.45, 7) is 0.148. The summed E-state index contributed by atoms with van der Waals surface area (Å²) in [7, 11) is 1.48. The maximum Gasteiger partial charge on any atom is 0.244 e. The van der Waals surface area contributed by atoms with Crippen LogP contribution in [0.2, 0.25) is 5.02 Å². The van der Waals surface area contributed by atoms with E-state index in [1.54, 1.807) is 12.1 Å². The molecule has 0 bridgehead atoms. The van der Waals surface area contributed by atoms with Crippen molar-refractivity contribution in [1.82, 2.24) is 10.2 Å². The molecule has 96 valence electrons. The van der Waals surface area contributed by atoms with Crippen LogP contribution in [0.3, 0.4) is 0 Å². The van der Waals surface area contributed by atoms with Gasteiger partial charge < -0.3 is 15.8 Å². The predicted octanol–water partition coefficient (Wildman–Crippen LogP) is 1.13. The van der Waals surface area contributed by atoms with E-state index in [0.717, 1.165) is 5.39 Å². The van der Waals surface area contributed by atoms with Gasteiger partial charge in [-0.25, -0.2) is 0 Å². The highest BCUT2D eigenvalue weighted by Gasteiger charge is 2.16. The second-order valence-electron chi connectivity index (χ2n) is 3.79. The van der Waals surface area contributed by atoms with Crippen LogP contribution in [-0.2, 0) is 9.53 Å². The summed E-state index contributed by atoms with van der Waals surface area (Å²) in [5.41, 5.74) is 6.29. The first kappa shape index (κ1) is 12.8. The number of nitrogens with zero attached hydrogens (tertiary/aromatic N) is 1. The summed E-state index contributed by atoms with van der Waals surface area (Å²) in [5.74, 6) is 0.0503. The highest BCUT2D eigenvalue weighted by molar-refractivity contribution is 6.35. The minimum absolute atomic E-state index is 0.148. The molecule has 1 amide bonds. The van der Waals surface area contributed by atoms with Crippen molar-refractivity contribution in [2.75, 3.05) is 19.0 Å². The Hall–Kier alpha value is -1.63. The third-order valence-corrected chi connectivity index (χ3v) is 2.79. The molecule has 0 spiro atoms. The van der Waals surface area contributed by atoms with Crippen molar-refractivity contribution in [2.45, 2.75) is 6.04 Å². The number of H-pyrrole nitrogens is 1. The number of rotatable bonds is 4.